The maximum atomic E-state index is 12.6. The minimum Gasteiger partial charge on any atom is -0.395 e. The van der Waals surface area contributed by atoms with Gasteiger partial charge in [0.15, 0.2) is 0 Å². The van der Waals surface area contributed by atoms with Gasteiger partial charge < -0.3 is 15.5 Å². The number of β-amino-alcohol motifs (C(OH)–C–C–N with tert-alkyl or cyclic N) is 1. The summed E-state index contributed by atoms with van der Waals surface area (Å²) in [7, 11) is 0. The second kappa shape index (κ2) is 3.27. The molecule has 0 amide bonds. The lowest BCUT2D eigenvalue weighted by Gasteiger charge is -2.28. The molecule has 0 aromatic carbocycles. The van der Waals surface area contributed by atoms with Gasteiger partial charge in [-0.05, 0) is 6.42 Å². The molecule has 0 radical (unpaired) electrons. The molecule has 1 fully saturated rings. The quantitative estimate of drug-likeness (QED) is 0.450. The van der Waals surface area contributed by atoms with Crippen LogP contribution in [-0.4, -0.2) is 41.7 Å². The van der Waals surface area contributed by atoms with Crippen LogP contribution in [-0.2, 0) is 0 Å². The molecular weight excluding hydrogens is 137 g/mol. The zero-order valence-corrected chi connectivity index (χ0v) is 5.63. The van der Waals surface area contributed by atoms with Crippen molar-refractivity contribution < 1.29 is 14.6 Å². The van der Waals surface area contributed by atoms with Crippen LogP contribution in [0.5, 0.6) is 0 Å². The van der Waals surface area contributed by atoms with E-state index in [9.17, 15) is 4.39 Å². The summed E-state index contributed by atoms with van der Waals surface area (Å²) in [5.74, 6) is 0. The van der Waals surface area contributed by atoms with E-state index in [1.807, 2.05) is 0 Å². The fraction of sp³-hybridized carbons (Fsp3) is 1.00. The van der Waals surface area contributed by atoms with E-state index in [4.69, 9.17) is 10.2 Å². The van der Waals surface area contributed by atoms with Crippen molar-refractivity contribution >= 4 is 0 Å². The zero-order valence-electron chi connectivity index (χ0n) is 5.63. The van der Waals surface area contributed by atoms with Gasteiger partial charge in [-0.15, -0.1) is 0 Å². The van der Waals surface area contributed by atoms with E-state index in [2.05, 4.69) is 5.32 Å². The second-order valence-electron chi connectivity index (χ2n) is 2.61. The van der Waals surface area contributed by atoms with Crippen LogP contribution in [0.3, 0.4) is 0 Å². The molecule has 3 atom stereocenters. The van der Waals surface area contributed by atoms with Crippen molar-refractivity contribution in [3.63, 3.8) is 0 Å². The van der Waals surface area contributed by atoms with Crippen LogP contribution in [0.2, 0.25) is 0 Å². The SMILES string of the molecule is OC[C@@H]1C[C@H](F)[C@@H](O)CN1. The molecule has 1 aliphatic rings. The Hall–Kier alpha value is -0.190. The van der Waals surface area contributed by atoms with Crippen molar-refractivity contribution in [1.82, 2.24) is 5.32 Å². The number of hydrogen-bond donors (Lipinski definition) is 3. The topological polar surface area (TPSA) is 52.5 Å². The fourth-order valence-corrected chi connectivity index (χ4v) is 1.07. The summed E-state index contributed by atoms with van der Waals surface area (Å²) in [6.07, 6.45) is -1.88. The highest BCUT2D eigenvalue weighted by molar-refractivity contribution is 4.83. The van der Waals surface area contributed by atoms with Crippen molar-refractivity contribution in [2.75, 3.05) is 13.2 Å². The molecule has 0 unspecified atom stereocenters. The highest BCUT2D eigenvalue weighted by atomic mass is 19.1. The second-order valence-corrected chi connectivity index (χ2v) is 2.61. The first-order chi connectivity index (χ1) is 4.74. The molecule has 0 spiro atoms. The molecule has 0 aromatic heterocycles. The Balaban J connectivity index is 2.33. The van der Waals surface area contributed by atoms with E-state index in [1.54, 1.807) is 0 Å². The van der Waals surface area contributed by atoms with Crippen molar-refractivity contribution in [2.24, 2.45) is 0 Å². The largest absolute Gasteiger partial charge is 0.395 e. The first-order valence-electron chi connectivity index (χ1n) is 3.40. The molecular formula is C6H12FNO2. The Morgan fingerprint density at radius 2 is 2.30 bits per heavy atom. The number of aliphatic hydroxyl groups excluding tert-OH is 2. The lowest BCUT2D eigenvalue weighted by molar-refractivity contribution is 0.0303. The van der Waals surface area contributed by atoms with Crippen molar-refractivity contribution in [3.05, 3.63) is 0 Å². The van der Waals surface area contributed by atoms with Crippen LogP contribution in [0.25, 0.3) is 0 Å². The summed E-state index contributed by atoms with van der Waals surface area (Å²) in [5.41, 5.74) is 0. The maximum Gasteiger partial charge on any atom is 0.129 e. The Bertz CT molecular complexity index is 112. The van der Waals surface area contributed by atoms with E-state index < -0.39 is 12.3 Å². The number of aliphatic hydroxyl groups is 2. The standard InChI is InChI=1S/C6H12FNO2/c7-5-1-4(3-9)8-2-6(5)10/h4-6,8-10H,1-3H2/t4-,5-,6-/m0/s1. The van der Waals surface area contributed by atoms with Crippen LogP contribution in [0.1, 0.15) is 6.42 Å². The molecule has 1 heterocycles. The molecule has 0 aromatic rings. The summed E-state index contributed by atoms with van der Waals surface area (Å²) in [4.78, 5) is 0. The van der Waals surface area contributed by atoms with Crippen LogP contribution < -0.4 is 5.32 Å². The minimum absolute atomic E-state index is 0.0624. The van der Waals surface area contributed by atoms with Gasteiger partial charge in [0.25, 0.3) is 0 Å². The molecule has 4 heteroatoms. The Labute approximate surface area is 58.9 Å². The summed E-state index contributed by atoms with van der Waals surface area (Å²) >= 11 is 0. The molecule has 3 N–H and O–H groups in total. The number of hydrogen-bond acceptors (Lipinski definition) is 3. The van der Waals surface area contributed by atoms with Gasteiger partial charge in [-0.3, -0.25) is 0 Å². The lowest BCUT2D eigenvalue weighted by Crippen LogP contribution is -2.49. The van der Waals surface area contributed by atoms with Gasteiger partial charge >= 0.3 is 0 Å². The lowest BCUT2D eigenvalue weighted by atomic mass is 10.0. The number of rotatable bonds is 1. The smallest absolute Gasteiger partial charge is 0.129 e. The molecule has 0 bridgehead atoms. The molecule has 1 rings (SSSR count). The van der Waals surface area contributed by atoms with Crippen LogP contribution in [0, 0.1) is 0 Å². The number of nitrogens with one attached hydrogen (secondary N) is 1. The summed E-state index contributed by atoms with van der Waals surface area (Å²) in [6, 6.07) is -0.182. The van der Waals surface area contributed by atoms with Gasteiger partial charge in [-0.1, -0.05) is 0 Å². The third kappa shape index (κ3) is 1.65. The monoisotopic (exact) mass is 149 g/mol. The molecule has 0 saturated carbocycles. The summed E-state index contributed by atoms with van der Waals surface area (Å²) < 4.78 is 12.6. The third-order valence-corrected chi connectivity index (χ3v) is 1.76. The first-order valence-corrected chi connectivity index (χ1v) is 3.40. The van der Waals surface area contributed by atoms with Gasteiger partial charge in [-0.2, -0.15) is 0 Å². The number of halogens is 1. The Kier molecular flexibility index (Phi) is 2.59. The molecule has 10 heavy (non-hydrogen) atoms. The maximum absolute atomic E-state index is 12.6. The van der Waals surface area contributed by atoms with Crippen molar-refractivity contribution in [1.29, 1.82) is 0 Å². The molecule has 0 aliphatic carbocycles. The molecule has 60 valence electrons. The summed E-state index contributed by atoms with van der Waals surface area (Å²) in [5, 5.41) is 20.3. The highest BCUT2D eigenvalue weighted by Gasteiger charge is 2.27. The van der Waals surface area contributed by atoms with Crippen LogP contribution in [0.4, 0.5) is 4.39 Å². The minimum atomic E-state index is -1.18. The van der Waals surface area contributed by atoms with Gasteiger partial charge in [0, 0.05) is 12.6 Å². The molecule has 1 saturated heterocycles. The average molecular weight is 149 g/mol. The Morgan fingerprint density at radius 3 is 2.80 bits per heavy atom. The third-order valence-electron chi connectivity index (χ3n) is 1.76. The van der Waals surface area contributed by atoms with E-state index >= 15 is 0 Å². The van der Waals surface area contributed by atoms with Gasteiger partial charge in [0.2, 0.25) is 0 Å². The van der Waals surface area contributed by atoms with E-state index in [0.717, 1.165) is 0 Å². The van der Waals surface area contributed by atoms with Gasteiger partial charge in [0.1, 0.15) is 6.17 Å². The normalized spacial score (nSPS) is 41.7. The summed E-state index contributed by atoms with van der Waals surface area (Å²) in [6.45, 7) is 0.180. The average Bonchev–Trinajstić information content (AvgIpc) is 1.95. The van der Waals surface area contributed by atoms with Gasteiger partial charge in [-0.25, -0.2) is 4.39 Å². The molecule has 1 aliphatic heterocycles. The first kappa shape index (κ1) is 7.91. The van der Waals surface area contributed by atoms with E-state index in [0.29, 0.717) is 0 Å². The zero-order chi connectivity index (χ0) is 7.56. The van der Waals surface area contributed by atoms with Crippen molar-refractivity contribution in [3.8, 4) is 0 Å². The predicted molar refractivity (Wildman–Crippen MR) is 34.4 cm³/mol. The molecule has 3 nitrogen and oxygen atoms in total. The van der Waals surface area contributed by atoms with Crippen LogP contribution >= 0.6 is 0 Å². The van der Waals surface area contributed by atoms with E-state index in [-0.39, 0.29) is 25.6 Å². The number of alkyl halides is 1. The number of piperidine rings is 1. The van der Waals surface area contributed by atoms with E-state index in [1.165, 1.54) is 0 Å². The fourth-order valence-electron chi connectivity index (χ4n) is 1.07. The predicted octanol–water partition coefficient (Wildman–Crippen LogP) is -0.960. The van der Waals surface area contributed by atoms with Crippen molar-refractivity contribution in [2.45, 2.75) is 24.7 Å². The Morgan fingerprint density at radius 1 is 1.60 bits per heavy atom. The van der Waals surface area contributed by atoms with Gasteiger partial charge in [0.05, 0.1) is 12.7 Å². The van der Waals surface area contributed by atoms with Crippen LogP contribution in [0.15, 0.2) is 0 Å². The highest BCUT2D eigenvalue weighted by Crippen LogP contribution is 2.11.